The van der Waals surface area contributed by atoms with E-state index in [2.05, 4.69) is 0 Å². The Morgan fingerprint density at radius 1 is 1.44 bits per heavy atom. The van der Waals surface area contributed by atoms with Crippen molar-refractivity contribution >= 4 is 54.7 Å². The van der Waals surface area contributed by atoms with Gasteiger partial charge < -0.3 is 10.6 Å². The molecule has 4 heteroatoms. The van der Waals surface area contributed by atoms with Crippen molar-refractivity contribution in [2.75, 3.05) is 0 Å². The second-order valence-corrected chi connectivity index (χ2v) is 1.40. The number of carbonyl (C=O) groups is 1. The van der Waals surface area contributed by atoms with E-state index in [1.165, 1.54) is 19.9 Å². The van der Waals surface area contributed by atoms with Gasteiger partial charge in [-0.25, -0.2) is 0 Å². The van der Waals surface area contributed by atoms with E-state index in [4.69, 9.17) is 5.11 Å². The van der Waals surface area contributed by atoms with Gasteiger partial charge in [0, 0.05) is 6.08 Å². The summed E-state index contributed by atoms with van der Waals surface area (Å²) in [5.41, 5.74) is 0. The minimum absolute atomic E-state index is 0. The Hall–Kier alpha value is 0.741. The van der Waals surface area contributed by atoms with Crippen LogP contribution >= 0.6 is 0 Å². The number of hydrogen-bond donors (Lipinski definition) is 1. The maximum absolute atomic E-state index is 10.0. The van der Waals surface area contributed by atoms with E-state index in [-0.39, 0.29) is 65.9 Å². The second-order valence-electron chi connectivity index (χ2n) is 1.40. The van der Waals surface area contributed by atoms with Crippen LogP contribution in [0.2, 0.25) is 0 Å². The zero-order valence-electron chi connectivity index (χ0n) is 5.64. The Morgan fingerprint density at radius 2 is 1.78 bits per heavy atom. The predicted octanol–water partition coefficient (Wildman–Crippen LogP) is -0.168. The SMILES string of the molecule is CC(=O)C=C(C)O.O.[Ba+2]. The quantitative estimate of drug-likeness (QED) is 0.402. The van der Waals surface area contributed by atoms with Crippen LogP contribution in [-0.4, -0.2) is 65.2 Å². The largest absolute Gasteiger partial charge is 2.00 e. The molecule has 0 saturated carbocycles. The minimum atomic E-state index is -0.125. The summed E-state index contributed by atoms with van der Waals surface area (Å²) in [5, 5.41) is 8.36. The van der Waals surface area contributed by atoms with Crippen molar-refractivity contribution in [2.45, 2.75) is 13.8 Å². The Bertz CT molecular complexity index is 105. The molecular formula is C5H10BaO3+2. The van der Waals surface area contributed by atoms with Crippen molar-refractivity contribution in [1.29, 1.82) is 0 Å². The van der Waals surface area contributed by atoms with Crippen LogP contribution in [0.5, 0.6) is 0 Å². The third-order valence-electron chi connectivity index (χ3n) is 0.412. The number of hydrogen-bond acceptors (Lipinski definition) is 2. The number of aliphatic hydroxyl groups is 1. The third-order valence-corrected chi connectivity index (χ3v) is 0.412. The topological polar surface area (TPSA) is 68.8 Å². The number of ketones is 1. The molecule has 9 heavy (non-hydrogen) atoms. The van der Waals surface area contributed by atoms with E-state index in [0.717, 1.165) is 0 Å². The van der Waals surface area contributed by atoms with Crippen LogP contribution in [0.15, 0.2) is 11.8 Å². The van der Waals surface area contributed by atoms with E-state index < -0.39 is 0 Å². The summed E-state index contributed by atoms with van der Waals surface area (Å²) < 4.78 is 0. The first kappa shape index (κ1) is 16.4. The zero-order chi connectivity index (χ0) is 5.86. The fraction of sp³-hybridized carbons (Fsp3) is 0.400. The van der Waals surface area contributed by atoms with Crippen LogP contribution in [0.25, 0.3) is 0 Å². The van der Waals surface area contributed by atoms with Crippen molar-refractivity contribution in [2.24, 2.45) is 0 Å². The summed E-state index contributed by atoms with van der Waals surface area (Å²) in [6.07, 6.45) is 1.17. The molecule has 0 rings (SSSR count). The molecule has 0 spiro atoms. The monoisotopic (exact) mass is 256 g/mol. The first-order valence-corrected chi connectivity index (χ1v) is 2.01. The molecule has 0 heterocycles. The summed E-state index contributed by atoms with van der Waals surface area (Å²) >= 11 is 0. The van der Waals surface area contributed by atoms with Gasteiger partial charge >= 0.3 is 48.9 Å². The fourth-order valence-electron chi connectivity index (χ4n) is 0.294. The van der Waals surface area contributed by atoms with Gasteiger partial charge in [0.05, 0.1) is 5.76 Å². The van der Waals surface area contributed by atoms with Crippen LogP contribution in [-0.2, 0) is 4.79 Å². The van der Waals surface area contributed by atoms with Crippen LogP contribution in [0.4, 0.5) is 0 Å². The molecule has 0 bridgehead atoms. The number of allylic oxidation sites excluding steroid dienone is 2. The van der Waals surface area contributed by atoms with Gasteiger partial charge in [0.1, 0.15) is 0 Å². The summed E-state index contributed by atoms with van der Waals surface area (Å²) in [4.78, 5) is 10.0. The van der Waals surface area contributed by atoms with Gasteiger partial charge in [0.25, 0.3) is 0 Å². The van der Waals surface area contributed by atoms with E-state index in [1.807, 2.05) is 0 Å². The van der Waals surface area contributed by atoms with Crippen LogP contribution in [0, 0.1) is 0 Å². The van der Waals surface area contributed by atoms with Crippen molar-refractivity contribution in [3.8, 4) is 0 Å². The van der Waals surface area contributed by atoms with E-state index in [1.54, 1.807) is 0 Å². The van der Waals surface area contributed by atoms with Crippen molar-refractivity contribution in [3.05, 3.63) is 11.8 Å². The fourth-order valence-corrected chi connectivity index (χ4v) is 0.294. The first-order valence-electron chi connectivity index (χ1n) is 2.01. The smallest absolute Gasteiger partial charge is 0.512 e. The van der Waals surface area contributed by atoms with Gasteiger partial charge in [-0.2, -0.15) is 0 Å². The molecule has 0 aliphatic carbocycles. The number of aliphatic hydroxyl groups excluding tert-OH is 1. The average Bonchev–Trinajstić information content (AvgIpc) is 1.27. The Balaban J connectivity index is -0.000000180. The van der Waals surface area contributed by atoms with Crippen molar-refractivity contribution in [1.82, 2.24) is 0 Å². The molecule has 0 aromatic carbocycles. The maximum atomic E-state index is 10.0. The van der Waals surface area contributed by atoms with E-state index in [9.17, 15) is 4.79 Å². The summed E-state index contributed by atoms with van der Waals surface area (Å²) in [6.45, 7) is 2.85. The van der Waals surface area contributed by atoms with Crippen molar-refractivity contribution in [3.63, 3.8) is 0 Å². The Labute approximate surface area is 94.5 Å². The molecular weight excluding hydrogens is 245 g/mol. The van der Waals surface area contributed by atoms with E-state index >= 15 is 0 Å². The van der Waals surface area contributed by atoms with Gasteiger partial charge in [0.15, 0.2) is 5.78 Å². The van der Waals surface area contributed by atoms with Crippen LogP contribution in [0.1, 0.15) is 13.8 Å². The molecule has 3 N–H and O–H groups in total. The standard InChI is InChI=1S/C5H8O2.Ba.H2O/c1-4(6)3-5(2)7;;/h3,6H,1-2H3;;1H2/q;+2;. The molecule has 0 saturated heterocycles. The van der Waals surface area contributed by atoms with Gasteiger partial charge in [-0.3, -0.25) is 4.79 Å². The predicted molar refractivity (Wildman–Crippen MR) is 36.4 cm³/mol. The maximum Gasteiger partial charge on any atom is 2.00 e. The normalized spacial score (nSPS) is 8.89. The zero-order valence-corrected chi connectivity index (χ0v) is 10.1. The third kappa shape index (κ3) is 17.7. The molecule has 0 atom stereocenters. The second kappa shape index (κ2) is 8.74. The van der Waals surface area contributed by atoms with Gasteiger partial charge in [-0.15, -0.1) is 0 Å². The molecule has 0 radical (unpaired) electrons. The molecule has 0 aliphatic rings. The number of carbonyl (C=O) groups excluding carboxylic acids is 1. The Morgan fingerprint density at radius 3 is 1.78 bits per heavy atom. The van der Waals surface area contributed by atoms with Crippen molar-refractivity contribution < 1.29 is 15.4 Å². The first-order chi connectivity index (χ1) is 3.13. The molecule has 0 aromatic heterocycles. The molecule has 0 aliphatic heterocycles. The minimum Gasteiger partial charge on any atom is -0.512 e. The molecule has 48 valence electrons. The molecule has 0 amide bonds. The van der Waals surface area contributed by atoms with Gasteiger partial charge in [0.2, 0.25) is 0 Å². The summed E-state index contributed by atoms with van der Waals surface area (Å²) in [7, 11) is 0. The number of rotatable bonds is 1. The van der Waals surface area contributed by atoms with Gasteiger partial charge in [-0.1, -0.05) is 0 Å². The van der Waals surface area contributed by atoms with Crippen LogP contribution < -0.4 is 0 Å². The molecule has 0 aromatic rings. The van der Waals surface area contributed by atoms with Gasteiger partial charge in [-0.05, 0) is 13.8 Å². The van der Waals surface area contributed by atoms with Crippen LogP contribution in [0.3, 0.4) is 0 Å². The average molecular weight is 255 g/mol. The molecule has 0 unspecified atom stereocenters. The Kier molecular flexibility index (Phi) is 15.9. The molecule has 3 nitrogen and oxygen atoms in total. The summed E-state index contributed by atoms with van der Waals surface area (Å²) in [5.74, 6) is -0.0625. The summed E-state index contributed by atoms with van der Waals surface area (Å²) in [6, 6.07) is 0. The molecule has 0 fully saturated rings. The van der Waals surface area contributed by atoms with E-state index in [0.29, 0.717) is 0 Å².